The molecule has 0 spiro atoms. The Labute approximate surface area is 94.0 Å². The van der Waals surface area contributed by atoms with Crippen molar-refractivity contribution in [3.63, 3.8) is 0 Å². The van der Waals surface area contributed by atoms with Gasteiger partial charge in [-0.15, -0.1) is 0 Å². The highest BCUT2D eigenvalue weighted by atomic mass is 16.3. The number of azide groups is 1. The van der Waals surface area contributed by atoms with E-state index in [0.29, 0.717) is 5.56 Å². The first-order valence-electron chi connectivity index (χ1n) is 5.01. The Morgan fingerprint density at radius 1 is 1.38 bits per heavy atom. The molecule has 1 aromatic carbocycles. The number of hydrogen-bond donors (Lipinski definition) is 2. The number of benzene rings is 1. The molecular weight excluding hydrogens is 206 g/mol. The molecule has 0 saturated carbocycles. The molecule has 0 aliphatic carbocycles. The largest absolute Gasteiger partial charge is 0.390 e. The smallest absolute Gasteiger partial charge is 0.105 e. The van der Waals surface area contributed by atoms with E-state index in [-0.39, 0.29) is 6.54 Å². The van der Waals surface area contributed by atoms with Crippen molar-refractivity contribution in [3.8, 4) is 0 Å². The summed E-state index contributed by atoms with van der Waals surface area (Å²) in [4.78, 5) is 2.55. The van der Waals surface area contributed by atoms with Crippen molar-refractivity contribution in [3.05, 3.63) is 45.3 Å². The van der Waals surface area contributed by atoms with E-state index < -0.39 is 12.2 Å². The molecule has 5 heteroatoms. The van der Waals surface area contributed by atoms with Crippen molar-refractivity contribution in [1.29, 1.82) is 0 Å². The van der Waals surface area contributed by atoms with Gasteiger partial charge in [0.25, 0.3) is 0 Å². The number of hydrogen-bond acceptors (Lipinski definition) is 3. The zero-order chi connectivity index (χ0) is 12.1. The molecule has 0 saturated heterocycles. The third kappa shape index (κ3) is 2.73. The van der Waals surface area contributed by atoms with Crippen molar-refractivity contribution in [2.24, 2.45) is 5.11 Å². The minimum absolute atomic E-state index is 0.134. The van der Waals surface area contributed by atoms with Gasteiger partial charge in [0.2, 0.25) is 0 Å². The maximum atomic E-state index is 9.89. The summed E-state index contributed by atoms with van der Waals surface area (Å²) in [6.07, 6.45) is -2.10. The van der Waals surface area contributed by atoms with Gasteiger partial charge in [0.05, 0.1) is 12.6 Å². The number of nitrogens with zero attached hydrogens (tertiary/aromatic N) is 3. The van der Waals surface area contributed by atoms with Crippen LogP contribution in [-0.2, 0) is 0 Å². The second-order valence-electron chi connectivity index (χ2n) is 3.71. The van der Waals surface area contributed by atoms with Gasteiger partial charge >= 0.3 is 0 Å². The molecule has 2 unspecified atom stereocenters. The second-order valence-corrected chi connectivity index (χ2v) is 3.71. The van der Waals surface area contributed by atoms with Gasteiger partial charge in [-0.1, -0.05) is 23.3 Å². The summed E-state index contributed by atoms with van der Waals surface area (Å²) < 4.78 is 0. The van der Waals surface area contributed by atoms with E-state index >= 15 is 0 Å². The fourth-order valence-corrected chi connectivity index (χ4v) is 1.52. The maximum absolute atomic E-state index is 9.89. The van der Waals surface area contributed by atoms with Crippen LogP contribution in [0.2, 0.25) is 0 Å². The van der Waals surface area contributed by atoms with E-state index in [0.717, 1.165) is 11.1 Å². The Hall–Kier alpha value is -1.55. The third-order valence-corrected chi connectivity index (χ3v) is 2.66. The molecule has 0 aliphatic heterocycles. The molecule has 86 valence electrons. The number of rotatable bonds is 4. The summed E-state index contributed by atoms with van der Waals surface area (Å²) in [5, 5.41) is 22.7. The second kappa shape index (κ2) is 5.51. The van der Waals surface area contributed by atoms with Gasteiger partial charge in [0.1, 0.15) is 6.10 Å². The zero-order valence-electron chi connectivity index (χ0n) is 9.33. The lowest BCUT2D eigenvalue weighted by Crippen LogP contribution is -2.22. The molecule has 2 N–H and O–H groups in total. The van der Waals surface area contributed by atoms with Crippen LogP contribution in [0, 0.1) is 13.8 Å². The molecule has 0 heterocycles. The first kappa shape index (κ1) is 12.5. The average molecular weight is 221 g/mol. The van der Waals surface area contributed by atoms with Crippen LogP contribution < -0.4 is 0 Å². The van der Waals surface area contributed by atoms with Crippen LogP contribution in [0.5, 0.6) is 0 Å². The highest BCUT2D eigenvalue weighted by molar-refractivity contribution is 5.35. The fraction of sp³-hybridized carbons (Fsp3) is 0.455. The Morgan fingerprint density at radius 2 is 2.06 bits per heavy atom. The Kier molecular flexibility index (Phi) is 4.31. The molecule has 16 heavy (non-hydrogen) atoms. The van der Waals surface area contributed by atoms with E-state index in [2.05, 4.69) is 10.0 Å². The lowest BCUT2D eigenvalue weighted by Gasteiger charge is -2.19. The van der Waals surface area contributed by atoms with Crippen molar-refractivity contribution in [1.82, 2.24) is 0 Å². The molecule has 5 nitrogen and oxygen atoms in total. The van der Waals surface area contributed by atoms with E-state index in [1.807, 2.05) is 26.0 Å². The maximum Gasteiger partial charge on any atom is 0.105 e. The lowest BCUT2D eigenvalue weighted by molar-refractivity contribution is 0.0240. The molecular formula is C11H15N3O2. The summed E-state index contributed by atoms with van der Waals surface area (Å²) in [6.45, 7) is 3.69. The highest BCUT2D eigenvalue weighted by Gasteiger charge is 2.19. The summed E-state index contributed by atoms with van der Waals surface area (Å²) in [7, 11) is 0. The molecule has 0 radical (unpaired) electrons. The first-order valence-corrected chi connectivity index (χ1v) is 5.01. The van der Waals surface area contributed by atoms with Gasteiger partial charge < -0.3 is 10.2 Å². The predicted octanol–water partition coefficient (Wildman–Crippen LogP) is 2.01. The van der Waals surface area contributed by atoms with Crippen LogP contribution in [0.15, 0.2) is 23.3 Å². The number of aryl methyl sites for hydroxylation is 1. The standard InChI is InChI=1S/C11H15N3O2/c1-7-4-3-5-9(8(7)2)11(16)10(15)6-13-14-12/h3-5,10-11,15-16H,6H2,1-2H3. The summed E-state index contributed by atoms with van der Waals surface area (Å²) in [6, 6.07) is 5.51. The minimum atomic E-state index is -1.07. The topological polar surface area (TPSA) is 89.2 Å². The van der Waals surface area contributed by atoms with Crippen molar-refractivity contribution in [2.45, 2.75) is 26.1 Å². The molecule has 1 aromatic rings. The quantitative estimate of drug-likeness (QED) is 0.462. The number of aliphatic hydroxyl groups is 2. The predicted molar refractivity (Wildman–Crippen MR) is 60.9 cm³/mol. The Balaban J connectivity index is 2.91. The van der Waals surface area contributed by atoms with E-state index in [4.69, 9.17) is 5.53 Å². The van der Waals surface area contributed by atoms with Gasteiger partial charge in [-0.25, -0.2) is 0 Å². The monoisotopic (exact) mass is 221 g/mol. The van der Waals surface area contributed by atoms with Crippen LogP contribution in [0.1, 0.15) is 22.8 Å². The summed E-state index contributed by atoms with van der Waals surface area (Å²) >= 11 is 0. The van der Waals surface area contributed by atoms with Crippen molar-refractivity contribution < 1.29 is 10.2 Å². The molecule has 0 bridgehead atoms. The Bertz CT molecular complexity index is 414. The Morgan fingerprint density at radius 3 is 2.69 bits per heavy atom. The van der Waals surface area contributed by atoms with Crippen LogP contribution in [0.25, 0.3) is 10.4 Å². The highest BCUT2D eigenvalue weighted by Crippen LogP contribution is 2.23. The van der Waals surface area contributed by atoms with Gasteiger partial charge in [-0.3, -0.25) is 0 Å². The fourth-order valence-electron chi connectivity index (χ4n) is 1.52. The van der Waals surface area contributed by atoms with Crippen LogP contribution in [0.4, 0.5) is 0 Å². The van der Waals surface area contributed by atoms with Crippen LogP contribution in [-0.4, -0.2) is 22.9 Å². The van der Waals surface area contributed by atoms with Crippen molar-refractivity contribution in [2.75, 3.05) is 6.54 Å². The molecule has 1 rings (SSSR count). The SMILES string of the molecule is Cc1cccc(C(O)C(O)CN=[N+]=[N-])c1C. The summed E-state index contributed by atoms with van der Waals surface area (Å²) in [5.41, 5.74) is 10.8. The van der Waals surface area contributed by atoms with E-state index in [1.165, 1.54) is 0 Å². The van der Waals surface area contributed by atoms with Gasteiger partial charge in [0.15, 0.2) is 0 Å². The first-order chi connectivity index (χ1) is 7.57. The third-order valence-electron chi connectivity index (χ3n) is 2.66. The number of aliphatic hydroxyl groups excluding tert-OH is 2. The summed E-state index contributed by atoms with van der Waals surface area (Å²) in [5.74, 6) is 0. The molecule has 0 aliphatic rings. The lowest BCUT2D eigenvalue weighted by atomic mass is 9.96. The van der Waals surface area contributed by atoms with Gasteiger partial charge in [-0.2, -0.15) is 0 Å². The zero-order valence-corrected chi connectivity index (χ0v) is 9.33. The van der Waals surface area contributed by atoms with Crippen LogP contribution in [0.3, 0.4) is 0 Å². The van der Waals surface area contributed by atoms with Crippen molar-refractivity contribution >= 4 is 0 Å². The van der Waals surface area contributed by atoms with E-state index in [9.17, 15) is 10.2 Å². The van der Waals surface area contributed by atoms with Gasteiger partial charge in [0, 0.05) is 4.91 Å². The normalized spacial score (nSPS) is 14.0. The molecule has 0 amide bonds. The molecule has 0 aromatic heterocycles. The average Bonchev–Trinajstić information content (AvgIpc) is 2.28. The van der Waals surface area contributed by atoms with E-state index in [1.54, 1.807) is 6.07 Å². The minimum Gasteiger partial charge on any atom is -0.390 e. The molecule has 0 fully saturated rings. The van der Waals surface area contributed by atoms with Gasteiger partial charge in [-0.05, 0) is 36.1 Å². The van der Waals surface area contributed by atoms with Crippen LogP contribution >= 0.6 is 0 Å². The molecule has 2 atom stereocenters.